The topological polar surface area (TPSA) is 75.4 Å². The van der Waals surface area contributed by atoms with Gasteiger partial charge in [-0.05, 0) is 30.7 Å². The molecule has 2 aromatic rings. The third kappa shape index (κ3) is 4.12. The Kier molecular flexibility index (Phi) is 5.71. The van der Waals surface area contributed by atoms with Crippen LogP contribution in [0.25, 0.3) is 0 Å². The van der Waals surface area contributed by atoms with Crippen molar-refractivity contribution in [2.75, 3.05) is 13.1 Å². The van der Waals surface area contributed by atoms with E-state index in [2.05, 4.69) is 17.2 Å². The molecule has 0 bridgehead atoms. The summed E-state index contributed by atoms with van der Waals surface area (Å²) >= 11 is 0. The molecule has 1 N–H and O–H groups in total. The maximum absolute atomic E-state index is 12.9. The summed E-state index contributed by atoms with van der Waals surface area (Å²) in [5, 5.41) is 13.4. The van der Waals surface area contributed by atoms with Gasteiger partial charge in [-0.1, -0.05) is 37.3 Å². The second-order valence-electron chi connectivity index (χ2n) is 6.84. The third-order valence-corrected chi connectivity index (χ3v) is 5.05. The van der Waals surface area contributed by atoms with Crippen LogP contribution in [0.1, 0.15) is 47.8 Å². The first kappa shape index (κ1) is 18.2. The predicted molar refractivity (Wildman–Crippen MR) is 98.0 cm³/mol. The highest BCUT2D eigenvalue weighted by molar-refractivity contribution is 5.95. The fourth-order valence-electron chi connectivity index (χ4n) is 3.61. The number of amides is 1. The number of aliphatic carboxylic acids is 1. The number of rotatable bonds is 6. The van der Waals surface area contributed by atoms with E-state index < -0.39 is 5.97 Å². The summed E-state index contributed by atoms with van der Waals surface area (Å²) in [6, 6.07) is 10.1. The van der Waals surface area contributed by atoms with Gasteiger partial charge < -0.3 is 10.0 Å². The molecule has 0 atom stereocenters. The zero-order valence-electron chi connectivity index (χ0n) is 15.1. The van der Waals surface area contributed by atoms with Crippen molar-refractivity contribution in [3.63, 3.8) is 0 Å². The van der Waals surface area contributed by atoms with Gasteiger partial charge >= 0.3 is 5.97 Å². The highest BCUT2D eigenvalue weighted by atomic mass is 16.4. The number of aromatic nitrogens is 2. The minimum absolute atomic E-state index is 0.00920. The molecule has 1 aromatic carbocycles. The van der Waals surface area contributed by atoms with E-state index in [1.165, 1.54) is 0 Å². The van der Waals surface area contributed by atoms with Gasteiger partial charge in [0.25, 0.3) is 5.91 Å². The lowest BCUT2D eigenvalue weighted by atomic mass is 9.93. The quantitative estimate of drug-likeness (QED) is 0.864. The second kappa shape index (κ2) is 8.17. The Labute approximate surface area is 153 Å². The normalized spacial score (nSPS) is 15.2. The number of benzene rings is 1. The molecule has 0 spiro atoms. The average Bonchev–Trinajstić information content (AvgIpc) is 3.04. The van der Waals surface area contributed by atoms with Gasteiger partial charge in [0, 0.05) is 19.5 Å². The van der Waals surface area contributed by atoms with Crippen LogP contribution in [-0.2, 0) is 17.8 Å². The molecule has 1 aliphatic heterocycles. The van der Waals surface area contributed by atoms with Crippen molar-refractivity contribution in [1.82, 2.24) is 14.7 Å². The summed E-state index contributed by atoms with van der Waals surface area (Å²) in [5.41, 5.74) is 2.77. The van der Waals surface area contributed by atoms with Gasteiger partial charge in [-0.25, -0.2) is 0 Å². The first-order valence-electron chi connectivity index (χ1n) is 9.18. The van der Waals surface area contributed by atoms with Gasteiger partial charge in [0.1, 0.15) is 0 Å². The van der Waals surface area contributed by atoms with Gasteiger partial charge in [-0.15, -0.1) is 0 Å². The Hall–Kier alpha value is -2.63. The molecular formula is C20H25N3O3. The molecule has 1 aromatic heterocycles. The summed E-state index contributed by atoms with van der Waals surface area (Å²) in [4.78, 5) is 25.6. The molecule has 26 heavy (non-hydrogen) atoms. The van der Waals surface area contributed by atoms with Gasteiger partial charge in [0.2, 0.25) is 0 Å². The van der Waals surface area contributed by atoms with Crippen molar-refractivity contribution < 1.29 is 14.7 Å². The Balaban J connectivity index is 1.69. The van der Waals surface area contributed by atoms with Crippen molar-refractivity contribution in [3.05, 3.63) is 53.3 Å². The van der Waals surface area contributed by atoms with Crippen LogP contribution in [0, 0.1) is 5.92 Å². The van der Waals surface area contributed by atoms with Crippen LogP contribution in [0.4, 0.5) is 0 Å². The first-order valence-corrected chi connectivity index (χ1v) is 9.18. The molecule has 0 unspecified atom stereocenters. The molecule has 0 saturated carbocycles. The highest BCUT2D eigenvalue weighted by Gasteiger charge is 2.27. The molecule has 6 nitrogen and oxygen atoms in total. The zero-order chi connectivity index (χ0) is 18.5. The lowest BCUT2D eigenvalue weighted by Gasteiger charge is -2.31. The highest BCUT2D eigenvalue weighted by Crippen LogP contribution is 2.23. The maximum Gasteiger partial charge on any atom is 0.303 e. The van der Waals surface area contributed by atoms with Crippen LogP contribution >= 0.6 is 0 Å². The molecule has 0 radical (unpaired) electrons. The minimum atomic E-state index is -0.759. The molecule has 3 rings (SSSR count). The van der Waals surface area contributed by atoms with E-state index >= 15 is 0 Å². The maximum atomic E-state index is 12.9. The molecule has 138 valence electrons. The van der Waals surface area contributed by atoms with E-state index in [-0.39, 0.29) is 18.2 Å². The fourth-order valence-corrected chi connectivity index (χ4v) is 3.61. The van der Waals surface area contributed by atoms with Crippen molar-refractivity contribution in [1.29, 1.82) is 0 Å². The van der Waals surface area contributed by atoms with Crippen LogP contribution in [0.15, 0.2) is 36.5 Å². The number of carbonyl (C=O) groups is 2. The molecule has 2 heterocycles. The molecule has 1 aliphatic rings. The Morgan fingerprint density at radius 3 is 2.50 bits per heavy atom. The molecular weight excluding hydrogens is 330 g/mol. The van der Waals surface area contributed by atoms with Gasteiger partial charge in [-0.2, -0.15) is 5.10 Å². The van der Waals surface area contributed by atoms with E-state index in [9.17, 15) is 9.59 Å². The number of piperidine rings is 1. The number of hydrogen-bond acceptors (Lipinski definition) is 3. The second-order valence-corrected chi connectivity index (χ2v) is 6.84. The van der Waals surface area contributed by atoms with Gasteiger partial charge in [0.05, 0.1) is 24.0 Å². The predicted octanol–water partition coefficient (Wildman–Crippen LogP) is 2.82. The molecule has 1 amide bonds. The Morgan fingerprint density at radius 2 is 1.88 bits per heavy atom. The fraction of sp³-hybridized carbons (Fsp3) is 0.450. The molecule has 1 saturated heterocycles. The van der Waals surface area contributed by atoms with Crippen molar-refractivity contribution in [2.24, 2.45) is 5.92 Å². The number of carboxylic acid groups (broad SMARTS) is 1. The lowest BCUT2D eigenvalue weighted by Crippen LogP contribution is -2.39. The first-order chi connectivity index (χ1) is 12.6. The van der Waals surface area contributed by atoms with E-state index in [0.717, 1.165) is 30.5 Å². The van der Waals surface area contributed by atoms with Crippen molar-refractivity contribution >= 4 is 11.9 Å². The van der Waals surface area contributed by atoms with Gasteiger partial charge in [-0.3, -0.25) is 14.3 Å². The van der Waals surface area contributed by atoms with Crippen LogP contribution in [0.2, 0.25) is 0 Å². The number of carboxylic acids is 1. The van der Waals surface area contributed by atoms with Crippen molar-refractivity contribution in [3.8, 4) is 0 Å². The summed E-state index contributed by atoms with van der Waals surface area (Å²) < 4.78 is 1.90. The van der Waals surface area contributed by atoms with E-state index in [1.807, 2.05) is 34.7 Å². The van der Waals surface area contributed by atoms with Crippen LogP contribution in [-0.4, -0.2) is 44.8 Å². The van der Waals surface area contributed by atoms with E-state index in [0.29, 0.717) is 25.2 Å². The number of hydrogen-bond donors (Lipinski definition) is 1. The molecule has 6 heteroatoms. The summed E-state index contributed by atoms with van der Waals surface area (Å²) in [6.45, 7) is 3.92. The monoisotopic (exact) mass is 355 g/mol. The van der Waals surface area contributed by atoms with Gasteiger partial charge in [0.15, 0.2) is 0 Å². The SMILES string of the molecule is CCc1c(C(=O)N2CCC(CC(=O)O)CC2)cnn1Cc1ccccc1. The van der Waals surface area contributed by atoms with Crippen molar-refractivity contribution in [2.45, 2.75) is 39.2 Å². The smallest absolute Gasteiger partial charge is 0.303 e. The summed E-state index contributed by atoms with van der Waals surface area (Å²) in [7, 11) is 0. The molecule has 1 fully saturated rings. The summed E-state index contributed by atoms with van der Waals surface area (Å²) in [6.07, 6.45) is 4.10. The summed E-state index contributed by atoms with van der Waals surface area (Å²) in [5.74, 6) is -0.580. The van der Waals surface area contributed by atoms with E-state index in [1.54, 1.807) is 6.20 Å². The minimum Gasteiger partial charge on any atom is -0.481 e. The largest absolute Gasteiger partial charge is 0.481 e. The van der Waals surface area contributed by atoms with Crippen LogP contribution in [0.5, 0.6) is 0 Å². The van der Waals surface area contributed by atoms with Crippen LogP contribution in [0.3, 0.4) is 0 Å². The van der Waals surface area contributed by atoms with Crippen LogP contribution < -0.4 is 0 Å². The van der Waals surface area contributed by atoms with E-state index in [4.69, 9.17) is 5.11 Å². The number of nitrogens with zero attached hydrogens (tertiary/aromatic N) is 3. The number of carbonyl (C=O) groups excluding carboxylic acids is 1. The Bertz CT molecular complexity index is 762. The number of likely N-dealkylation sites (tertiary alicyclic amines) is 1. The average molecular weight is 355 g/mol. The Morgan fingerprint density at radius 1 is 1.19 bits per heavy atom. The molecule has 0 aliphatic carbocycles. The standard InChI is InChI=1S/C20H25N3O3/c1-2-18-17(13-21-23(18)14-16-6-4-3-5-7-16)20(26)22-10-8-15(9-11-22)12-19(24)25/h3-7,13,15H,2,8-12,14H2,1H3,(H,24,25). The zero-order valence-corrected chi connectivity index (χ0v) is 15.1. The third-order valence-electron chi connectivity index (χ3n) is 5.05. The lowest BCUT2D eigenvalue weighted by molar-refractivity contribution is -0.138.